The second kappa shape index (κ2) is 7.33. The average molecular weight is 469 g/mol. The summed E-state index contributed by atoms with van der Waals surface area (Å²) >= 11 is 6.99. The molecule has 2 aromatic heterocycles. The fraction of sp³-hybridized carbons (Fsp3) is 0.471. The molecule has 0 aromatic carbocycles. The molecule has 30 heavy (non-hydrogen) atoms. The quantitative estimate of drug-likeness (QED) is 0.694. The van der Waals surface area contributed by atoms with Crippen LogP contribution in [0.4, 0.5) is 0 Å². The van der Waals surface area contributed by atoms with Crippen molar-refractivity contribution in [2.24, 2.45) is 0 Å². The number of nitriles is 1. The van der Waals surface area contributed by atoms with Crippen LogP contribution in [0.25, 0.3) is 0 Å². The van der Waals surface area contributed by atoms with E-state index in [-0.39, 0.29) is 36.5 Å². The number of carbonyl (C=O) groups excluding carboxylic acids is 2. The molecular weight excluding hydrogens is 452 g/mol. The number of sulfone groups is 1. The summed E-state index contributed by atoms with van der Waals surface area (Å²) in [7, 11) is -3.49. The van der Waals surface area contributed by atoms with Crippen molar-refractivity contribution < 1.29 is 18.0 Å². The minimum Gasteiger partial charge on any atom is -0.347 e. The molecule has 2 atom stereocenters. The van der Waals surface area contributed by atoms with Crippen molar-refractivity contribution in [3.8, 4) is 6.07 Å². The molecular formula is C17H17ClN6O4S2. The highest BCUT2D eigenvalue weighted by Crippen LogP contribution is 2.41. The molecule has 1 N–H and O–H groups in total. The van der Waals surface area contributed by atoms with Gasteiger partial charge in [-0.2, -0.15) is 5.26 Å². The van der Waals surface area contributed by atoms with E-state index in [9.17, 15) is 18.0 Å². The number of carbonyl (C=O) groups is 2. The first-order chi connectivity index (χ1) is 14.2. The molecule has 2 amide bonds. The van der Waals surface area contributed by atoms with Gasteiger partial charge in [0.25, 0.3) is 11.7 Å². The fourth-order valence-electron chi connectivity index (χ4n) is 3.89. The Morgan fingerprint density at radius 3 is 2.77 bits per heavy atom. The van der Waals surface area contributed by atoms with E-state index in [1.165, 1.54) is 15.9 Å². The minimum atomic E-state index is -3.49. The van der Waals surface area contributed by atoms with Crippen LogP contribution in [0.2, 0.25) is 4.34 Å². The lowest BCUT2D eigenvalue weighted by atomic mass is 9.88. The Morgan fingerprint density at radius 2 is 2.17 bits per heavy atom. The number of hydrogen-bond donors (Lipinski definition) is 1. The van der Waals surface area contributed by atoms with Crippen LogP contribution in [0.3, 0.4) is 0 Å². The molecule has 2 saturated heterocycles. The molecule has 4 rings (SSSR count). The van der Waals surface area contributed by atoms with Crippen molar-refractivity contribution >= 4 is 44.6 Å². The normalized spacial score (nSPS) is 22.3. The van der Waals surface area contributed by atoms with Crippen molar-refractivity contribution in [2.75, 3.05) is 18.8 Å². The largest absolute Gasteiger partial charge is 0.347 e. The summed E-state index contributed by atoms with van der Waals surface area (Å²) in [6.45, 7) is 1.59. The molecule has 2 aromatic rings. The molecule has 2 fully saturated rings. The Bertz CT molecular complexity index is 1160. The van der Waals surface area contributed by atoms with E-state index in [4.69, 9.17) is 16.9 Å². The second-order valence-corrected chi connectivity index (χ2v) is 11.5. The number of rotatable bonds is 4. The Hall–Kier alpha value is -2.49. The summed E-state index contributed by atoms with van der Waals surface area (Å²) in [6, 6.07) is 3.66. The SMILES string of the molecule is CC(C(=O)N1CC2(C1)C(NC(=O)c1ccc(Cl)s1)CCS2(=O)=O)n1cnc(C#N)n1. The van der Waals surface area contributed by atoms with Gasteiger partial charge in [0, 0.05) is 13.1 Å². The zero-order valence-electron chi connectivity index (χ0n) is 15.8. The molecule has 2 aliphatic heterocycles. The van der Waals surface area contributed by atoms with E-state index in [0.29, 0.717) is 15.6 Å². The monoisotopic (exact) mass is 468 g/mol. The van der Waals surface area contributed by atoms with Crippen LogP contribution in [0.5, 0.6) is 0 Å². The first-order valence-corrected chi connectivity index (χ1v) is 11.9. The molecule has 158 valence electrons. The Kier molecular flexibility index (Phi) is 5.08. The molecule has 0 aliphatic carbocycles. The van der Waals surface area contributed by atoms with Gasteiger partial charge in [0.1, 0.15) is 23.2 Å². The van der Waals surface area contributed by atoms with E-state index in [2.05, 4.69) is 15.4 Å². The molecule has 0 radical (unpaired) electrons. The first kappa shape index (κ1) is 20.8. The number of nitrogens with zero attached hydrogens (tertiary/aromatic N) is 5. The Balaban J connectivity index is 1.48. The summed E-state index contributed by atoms with van der Waals surface area (Å²) < 4.78 is 26.1. The third kappa shape index (κ3) is 3.27. The van der Waals surface area contributed by atoms with Gasteiger partial charge in [-0.3, -0.25) is 9.59 Å². The van der Waals surface area contributed by atoms with Crippen LogP contribution in [-0.2, 0) is 14.6 Å². The molecule has 1 spiro atoms. The number of amides is 2. The lowest BCUT2D eigenvalue weighted by molar-refractivity contribution is -0.140. The molecule has 2 unspecified atom stereocenters. The van der Waals surface area contributed by atoms with E-state index in [0.717, 1.165) is 11.3 Å². The predicted molar refractivity (Wildman–Crippen MR) is 108 cm³/mol. The van der Waals surface area contributed by atoms with Crippen LogP contribution >= 0.6 is 22.9 Å². The van der Waals surface area contributed by atoms with Crippen molar-refractivity contribution in [3.63, 3.8) is 0 Å². The zero-order chi connectivity index (χ0) is 21.7. The predicted octanol–water partition coefficient (Wildman–Crippen LogP) is 0.624. The maximum absolute atomic E-state index is 12.8. The number of halogens is 1. The van der Waals surface area contributed by atoms with Crippen molar-refractivity contribution in [3.05, 3.63) is 33.5 Å². The Labute approximate surface area is 181 Å². The molecule has 0 saturated carbocycles. The van der Waals surface area contributed by atoms with Crippen LogP contribution in [-0.4, -0.2) is 69.5 Å². The maximum Gasteiger partial charge on any atom is 0.261 e. The lowest BCUT2D eigenvalue weighted by Crippen LogP contribution is -2.73. The van der Waals surface area contributed by atoms with Gasteiger partial charge in [-0.05, 0) is 25.5 Å². The lowest BCUT2D eigenvalue weighted by Gasteiger charge is -2.50. The summed E-state index contributed by atoms with van der Waals surface area (Å²) in [5.41, 5.74) is 0. The number of aromatic nitrogens is 3. The van der Waals surface area contributed by atoms with Crippen molar-refractivity contribution in [1.29, 1.82) is 5.26 Å². The summed E-state index contributed by atoms with van der Waals surface area (Å²) in [6.07, 6.45) is 1.58. The third-order valence-corrected chi connectivity index (χ3v) is 9.41. The van der Waals surface area contributed by atoms with Gasteiger partial charge >= 0.3 is 0 Å². The number of hydrogen-bond acceptors (Lipinski definition) is 8. The number of likely N-dealkylation sites (tertiary alicyclic amines) is 1. The number of nitrogens with one attached hydrogen (secondary N) is 1. The van der Waals surface area contributed by atoms with Crippen LogP contribution < -0.4 is 5.32 Å². The summed E-state index contributed by atoms with van der Waals surface area (Å²) in [4.78, 5) is 30.9. The van der Waals surface area contributed by atoms with Gasteiger partial charge in [-0.25, -0.2) is 18.1 Å². The molecule has 2 aliphatic rings. The van der Waals surface area contributed by atoms with Crippen molar-refractivity contribution in [2.45, 2.75) is 30.2 Å². The van der Waals surface area contributed by atoms with E-state index in [1.54, 1.807) is 25.1 Å². The maximum atomic E-state index is 12.8. The van der Waals surface area contributed by atoms with E-state index in [1.807, 2.05) is 0 Å². The summed E-state index contributed by atoms with van der Waals surface area (Å²) in [5.74, 6) is -0.801. The topological polar surface area (TPSA) is 138 Å². The highest BCUT2D eigenvalue weighted by molar-refractivity contribution is 7.93. The van der Waals surface area contributed by atoms with Gasteiger partial charge in [-0.15, -0.1) is 16.4 Å². The highest BCUT2D eigenvalue weighted by atomic mass is 35.5. The van der Waals surface area contributed by atoms with Crippen LogP contribution in [0, 0.1) is 11.3 Å². The van der Waals surface area contributed by atoms with Crippen LogP contribution in [0.15, 0.2) is 18.5 Å². The second-order valence-electron chi connectivity index (χ2n) is 7.33. The smallest absolute Gasteiger partial charge is 0.261 e. The van der Waals surface area contributed by atoms with E-state index >= 15 is 0 Å². The standard InChI is InChI=1S/C17H17ClN6O4S2/c1-10(24-9-20-14(6-19)22-24)16(26)23-7-17(8-23)12(4-5-30(17,27)28)21-15(25)11-2-3-13(18)29-11/h2-3,9-10,12H,4-5,7-8H2,1H3,(H,21,25). The van der Waals surface area contributed by atoms with Gasteiger partial charge in [0.05, 0.1) is 21.0 Å². The van der Waals surface area contributed by atoms with Gasteiger partial charge in [0.15, 0.2) is 9.84 Å². The number of thiophene rings is 1. The molecule has 4 heterocycles. The summed E-state index contributed by atoms with van der Waals surface area (Å²) in [5, 5.41) is 15.6. The van der Waals surface area contributed by atoms with Gasteiger partial charge in [-0.1, -0.05) is 11.6 Å². The zero-order valence-corrected chi connectivity index (χ0v) is 18.2. The molecule has 13 heteroatoms. The highest BCUT2D eigenvalue weighted by Gasteiger charge is 2.63. The fourth-order valence-corrected chi connectivity index (χ4v) is 7.10. The van der Waals surface area contributed by atoms with Gasteiger partial charge in [0.2, 0.25) is 5.91 Å². The molecule has 0 bridgehead atoms. The minimum absolute atomic E-state index is 0.00550. The average Bonchev–Trinajstić information content (AvgIpc) is 3.37. The third-order valence-electron chi connectivity index (χ3n) is 5.62. The molecule has 10 nitrogen and oxygen atoms in total. The first-order valence-electron chi connectivity index (χ1n) is 9.05. The Morgan fingerprint density at radius 1 is 1.43 bits per heavy atom. The van der Waals surface area contributed by atoms with Crippen LogP contribution in [0.1, 0.15) is 34.9 Å². The van der Waals surface area contributed by atoms with Crippen molar-refractivity contribution in [1.82, 2.24) is 25.0 Å². The van der Waals surface area contributed by atoms with Gasteiger partial charge < -0.3 is 10.2 Å². The van der Waals surface area contributed by atoms with E-state index < -0.39 is 26.7 Å².